The monoisotopic (exact) mass is 389 g/mol. The van der Waals surface area contributed by atoms with Crippen LogP contribution in [0.15, 0.2) is 66.1 Å². The molecule has 0 atom stereocenters. The summed E-state index contributed by atoms with van der Waals surface area (Å²) in [4.78, 5) is 24.2. The first kappa shape index (κ1) is 20.3. The Morgan fingerprint density at radius 2 is 1.81 bits per heavy atom. The van der Waals surface area contributed by atoms with Crippen LogP contribution in [0.5, 0.6) is 5.75 Å². The Kier molecular flexibility index (Phi) is 6.86. The van der Waals surface area contributed by atoms with Gasteiger partial charge in [0.2, 0.25) is 10.0 Å². The average molecular weight is 389 g/mol. The van der Waals surface area contributed by atoms with Crippen LogP contribution in [0.2, 0.25) is 0 Å². The number of carbonyl (C=O) groups is 2. The fourth-order valence-corrected chi connectivity index (χ4v) is 3.16. The number of sulfonamides is 1. The fourth-order valence-electron chi connectivity index (χ4n) is 2.12. The van der Waals surface area contributed by atoms with E-state index in [4.69, 9.17) is 9.47 Å². The first-order chi connectivity index (χ1) is 12.9. The number of benzene rings is 2. The van der Waals surface area contributed by atoms with E-state index in [-0.39, 0.29) is 22.8 Å². The topological polar surface area (TPSA) is 98.8 Å². The number of nitrogens with one attached hydrogen (secondary N) is 1. The third kappa shape index (κ3) is 5.50. The zero-order chi connectivity index (χ0) is 19.9. The average Bonchev–Trinajstić information content (AvgIpc) is 2.70. The van der Waals surface area contributed by atoms with E-state index in [2.05, 4.69) is 11.3 Å². The van der Waals surface area contributed by atoms with Crippen molar-refractivity contribution in [2.45, 2.75) is 4.90 Å². The number of esters is 1. The molecule has 0 saturated heterocycles. The van der Waals surface area contributed by atoms with E-state index in [1.54, 1.807) is 24.3 Å². The molecule has 0 aliphatic carbocycles. The molecule has 0 radical (unpaired) electrons. The number of rotatable bonds is 9. The van der Waals surface area contributed by atoms with Gasteiger partial charge >= 0.3 is 5.97 Å². The molecule has 7 nitrogen and oxygen atoms in total. The molecule has 0 bridgehead atoms. The number of Topliss-reactive ketones (excluding diaryl/α,β-unsaturated/α-hetero) is 1. The van der Waals surface area contributed by atoms with Gasteiger partial charge in [0.1, 0.15) is 5.75 Å². The molecule has 8 heteroatoms. The van der Waals surface area contributed by atoms with Gasteiger partial charge < -0.3 is 9.47 Å². The number of ether oxygens (including phenoxy) is 2. The molecule has 0 unspecified atom stereocenters. The van der Waals surface area contributed by atoms with Gasteiger partial charge in [-0.25, -0.2) is 17.9 Å². The van der Waals surface area contributed by atoms with Gasteiger partial charge in [0.15, 0.2) is 12.4 Å². The highest BCUT2D eigenvalue weighted by Gasteiger charge is 2.17. The maximum Gasteiger partial charge on any atom is 0.338 e. The summed E-state index contributed by atoms with van der Waals surface area (Å²) in [5, 5.41) is 0. The normalized spacial score (nSPS) is 10.9. The summed E-state index contributed by atoms with van der Waals surface area (Å²) in [7, 11) is -2.25. The number of hydrogen-bond donors (Lipinski definition) is 1. The second-order valence-corrected chi connectivity index (χ2v) is 7.16. The molecule has 2 aromatic rings. The Bertz CT molecular complexity index is 935. The van der Waals surface area contributed by atoms with Crippen LogP contribution in [-0.4, -0.2) is 40.4 Å². The summed E-state index contributed by atoms with van der Waals surface area (Å²) in [6.45, 7) is 3.04. The number of ketones is 1. The van der Waals surface area contributed by atoms with E-state index in [0.29, 0.717) is 11.3 Å². The van der Waals surface area contributed by atoms with Gasteiger partial charge in [-0.05, 0) is 42.5 Å². The second-order valence-electron chi connectivity index (χ2n) is 5.40. The van der Waals surface area contributed by atoms with Crippen LogP contribution in [-0.2, 0) is 14.8 Å². The van der Waals surface area contributed by atoms with Crippen molar-refractivity contribution in [2.75, 3.05) is 20.3 Å². The Morgan fingerprint density at radius 3 is 2.44 bits per heavy atom. The Labute approximate surface area is 157 Å². The summed E-state index contributed by atoms with van der Waals surface area (Å²) in [6, 6.07) is 11.7. The molecular formula is C19H19NO6S. The summed E-state index contributed by atoms with van der Waals surface area (Å²) in [5.74, 6) is -0.577. The van der Waals surface area contributed by atoms with Crippen LogP contribution >= 0.6 is 0 Å². The Morgan fingerprint density at radius 1 is 1.11 bits per heavy atom. The van der Waals surface area contributed by atoms with Crippen LogP contribution in [0.1, 0.15) is 20.7 Å². The van der Waals surface area contributed by atoms with E-state index in [1.807, 2.05) is 0 Å². The molecule has 0 aliphatic heterocycles. The highest BCUT2D eigenvalue weighted by molar-refractivity contribution is 7.89. The molecule has 0 heterocycles. The van der Waals surface area contributed by atoms with Gasteiger partial charge in [-0.15, -0.1) is 6.58 Å². The van der Waals surface area contributed by atoms with Gasteiger partial charge in [0.05, 0.1) is 17.6 Å². The van der Waals surface area contributed by atoms with E-state index >= 15 is 0 Å². The van der Waals surface area contributed by atoms with Crippen LogP contribution < -0.4 is 9.46 Å². The van der Waals surface area contributed by atoms with Crippen molar-refractivity contribution >= 4 is 21.8 Å². The van der Waals surface area contributed by atoms with Crippen molar-refractivity contribution in [3.63, 3.8) is 0 Å². The third-order valence-electron chi connectivity index (χ3n) is 3.54. The molecular weight excluding hydrogens is 370 g/mol. The largest absolute Gasteiger partial charge is 0.497 e. The van der Waals surface area contributed by atoms with E-state index in [1.165, 1.54) is 37.5 Å². The standard InChI is InChI=1S/C19H19NO6S/c1-3-11-20-27(23,24)17-6-4-5-15(12-17)19(22)26-13-18(21)14-7-9-16(25-2)10-8-14/h3-10,12,20H,1,11,13H2,2H3. The minimum atomic E-state index is -3.77. The van der Waals surface area contributed by atoms with Gasteiger partial charge in [-0.1, -0.05) is 12.1 Å². The van der Waals surface area contributed by atoms with Crippen molar-refractivity contribution in [3.8, 4) is 5.75 Å². The molecule has 27 heavy (non-hydrogen) atoms. The lowest BCUT2D eigenvalue weighted by atomic mass is 10.1. The molecule has 0 spiro atoms. The predicted molar refractivity (Wildman–Crippen MR) is 99.4 cm³/mol. The van der Waals surface area contributed by atoms with Crippen molar-refractivity contribution in [1.82, 2.24) is 4.72 Å². The van der Waals surface area contributed by atoms with Gasteiger partial charge in [-0.2, -0.15) is 0 Å². The highest BCUT2D eigenvalue weighted by atomic mass is 32.2. The lowest BCUT2D eigenvalue weighted by Crippen LogP contribution is -2.24. The number of hydrogen-bond acceptors (Lipinski definition) is 6. The molecule has 0 fully saturated rings. The molecule has 142 valence electrons. The van der Waals surface area contributed by atoms with Gasteiger partial charge in [-0.3, -0.25) is 4.79 Å². The van der Waals surface area contributed by atoms with Crippen LogP contribution in [0, 0.1) is 0 Å². The van der Waals surface area contributed by atoms with E-state index in [0.717, 1.165) is 0 Å². The quantitative estimate of drug-likeness (QED) is 0.401. The molecule has 0 aromatic heterocycles. The van der Waals surface area contributed by atoms with Crippen LogP contribution in [0.4, 0.5) is 0 Å². The zero-order valence-electron chi connectivity index (χ0n) is 14.7. The van der Waals surface area contributed by atoms with Crippen molar-refractivity contribution in [3.05, 3.63) is 72.3 Å². The fraction of sp³-hybridized carbons (Fsp3) is 0.158. The predicted octanol–water partition coefficient (Wildman–Crippen LogP) is 2.20. The maximum absolute atomic E-state index is 12.1. The second kappa shape index (κ2) is 9.11. The zero-order valence-corrected chi connectivity index (χ0v) is 15.5. The summed E-state index contributed by atoms with van der Waals surface area (Å²) in [6.07, 6.45) is 1.40. The van der Waals surface area contributed by atoms with Crippen molar-refractivity contribution in [1.29, 1.82) is 0 Å². The van der Waals surface area contributed by atoms with Gasteiger partial charge in [0, 0.05) is 12.1 Å². The first-order valence-electron chi connectivity index (χ1n) is 7.92. The maximum atomic E-state index is 12.1. The van der Waals surface area contributed by atoms with E-state index in [9.17, 15) is 18.0 Å². The molecule has 0 amide bonds. The van der Waals surface area contributed by atoms with Gasteiger partial charge in [0.25, 0.3) is 0 Å². The van der Waals surface area contributed by atoms with Crippen LogP contribution in [0.3, 0.4) is 0 Å². The summed E-state index contributed by atoms with van der Waals surface area (Å²) >= 11 is 0. The van der Waals surface area contributed by atoms with Crippen molar-refractivity contribution < 1.29 is 27.5 Å². The number of carbonyl (C=O) groups excluding carboxylic acids is 2. The minimum Gasteiger partial charge on any atom is -0.497 e. The summed E-state index contributed by atoms with van der Waals surface area (Å²) < 4.78 is 36.5. The van der Waals surface area contributed by atoms with Crippen molar-refractivity contribution in [2.24, 2.45) is 0 Å². The Hall–Kier alpha value is -2.97. The van der Waals surface area contributed by atoms with Crippen LogP contribution in [0.25, 0.3) is 0 Å². The molecule has 2 aromatic carbocycles. The molecule has 1 N–H and O–H groups in total. The minimum absolute atomic E-state index is 0.0269. The smallest absolute Gasteiger partial charge is 0.338 e. The first-order valence-corrected chi connectivity index (χ1v) is 9.40. The lowest BCUT2D eigenvalue weighted by Gasteiger charge is -2.08. The molecule has 2 rings (SSSR count). The highest BCUT2D eigenvalue weighted by Crippen LogP contribution is 2.14. The third-order valence-corrected chi connectivity index (χ3v) is 4.97. The SMILES string of the molecule is C=CCNS(=O)(=O)c1cccc(C(=O)OCC(=O)c2ccc(OC)cc2)c1. The Balaban J connectivity index is 2.04. The molecule has 0 saturated carbocycles. The lowest BCUT2D eigenvalue weighted by molar-refractivity contribution is 0.0474. The number of methoxy groups -OCH3 is 1. The van der Waals surface area contributed by atoms with E-state index < -0.39 is 22.6 Å². The molecule has 0 aliphatic rings. The summed E-state index contributed by atoms with van der Waals surface area (Å²) in [5.41, 5.74) is 0.396.